The Bertz CT molecular complexity index is 337. The monoisotopic (exact) mass is 240 g/mol. The Labute approximate surface area is 99.2 Å². The maximum Gasteiger partial charge on any atom is 0.316 e. The van der Waals surface area contributed by atoms with Crippen LogP contribution in [-0.2, 0) is 14.3 Å². The average molecular weight is 240 g/mol. The lowest BCUT2D eigenvalue weighted by Crippen LogP contribution is -2.44. The molecule has 2 heterocycles. The van der Waals surface area contributed by atoms with Crippen molar-refractivity contribution in [1.82, 2.24) is 15.5 Å². The first-order valence-electron chi connectivity index (χ1n) is 5.69. The second-order valence-corrected chi connectivity index (χ2v) is 3.98. The first-order chi connectivity index (χ1) is 8.19. The molecule has 2 aliphatic rings. The van der Waals surface area contributed by atoms with E-state index in [1.165, 1.54) is 0 Å². The Morgan fingerprint density at radius 3 is 2.76 bits per heavy atom. The predicted octanol–water partition coefficient (Wildman–Crippen LogP) is -1.69. The molecule has 0 bridgehead atoms. The zero-order chi connectivity index (χ0) is 12.3. The number of ether oxygens (including phenoxy) is 1. The first-order valence-corrected chi connectivity index (χ1v) is 5.69. The molecule has 7 heteroatoms. The maximum atomic E-state index is 10.9. The number of rotatable bonds is 3. The van der Waals surface area contributed by atoms with E-state index < -0.39 is 11.8 Å². The number of likely N-dealkylation sites (N-methyl/N-ethyl adjacent to an activating group) is 1. The lowest BCUT2D eigenvalue weighted by atomic mass is 10.3. The van der Waals surface area contributed by atoms with E-state index in [9.17, 15) is 9.59 Å². The van der Waals surface area contributed by atoms with Crippen LogP contribution in [0.5, 0.6) is 0 Å². The van der Waals surface area contributed by atoms with Crippen molar-refractivity contribution in [2.24, 2.45) is 4.99 Å². The summed E-state index contributed by atoms with van der Waals surface area (Å²) in [5.41, 5.74) is 0. The Morgan fingerprint density at radius 1 is 1.41 bits per heavy atom. The van der Waals surface area contributed by atoms with Crippen molar-refractivity contribution < 1.29 is 14.3 Å². The molecule has 0 spiro atoms. The van der Waals surface area contributed by atoms with Gasteiger partial charge in [0.1, 0.15) is 0 Å². The minimum atomic E-state index is -0.663. The molecule has 2 N–H and O–H groups in total. The highest BCUT2D eigenvalue weighted by Crippen LogP contribution is 2.05. The van der Waals surface area contributed by atoms with E-state index in [-0.39, 0.29) is 12.1 Å². The van der Waals surface area contributed by atoms with Crippen LogP contribution in [0.3, 0.4) is 0 Å². The second-order valence-electron chi connectivity index (χ2n) is 3.98. The van der Waals surface area contributed by atoms with Crippen LogP contribution in [0.1, 0.15) is 6.92 Å². The van der Waals surface area contributed by atoms with Crippen molar-refractivity contribution in [3.8, 4) is 0 Å². The molecule has 7 nitrogen and oxygen atoms in total. The van der Waals surface area contributed by atoms with Gasteiger partial charge in [-0.1, -0.05) is 6.92 Å². The molecule has 1 unspecified atom stereocenters. The van der Waals surface area contributed by atoms with E-state index in [4.69, 9.17) is 4.74 Å². The second kappa shape index (κ2) is 5.24. The van der Waals surface area contributed by atoms with E-state index in [2.05, 4.69) is 27.4 Å². The Kier molecular flexibility index (Phi) is 3.70. The topological polar surface area (TPSA) is 83.0 Å². The molecule has 2 fully saturated rings. The average Bonchev–Trinajstić information content (AvgIpc) is 2.67. The molecule has 17 heavy (non-hydrogen) atoms. The quantitative estimate of drug-likeness (QED) is 0.577. The predicted molar refractivity (Wildman–Crippen MR) is 60.4 cm³/mol. The summed E-state index contributed by atoms with van der Waals surface area (Å²) in [5.74, 6) is -1.11. The molecule has 2 amide bonds. The fraction of sp³-hybridized carbons (Fsp3) is 0.700. The number of hydrogen-bond acceptors (Lipinski definition) is 5. The van der Waals surface area contributed by atoms with Crippen molar-refractivity contribution in [2.75, 3.05) is 32.8 Å². The number of hydrogen-bond donors (Lipinski definition) is 2. The molecule has 2 rings (SSSR count). The molecule has 94 valence electrons. The van der Waals surface area contributed by atoms with Crippen LogP contribution in [-0.4, -0.2) is 61.6 Å². The van der Waals surface area contributed by atoms with Crippen molar-refractivity contribution >= 4 is 17.8 Å². The fourth-order valence-electron chi connectivity index (χ4n) is 1.81. The summed E-state index contributed by atoms with van der Waals surface area (Å²) in [6.45, 7) is 6.00. The molecule has 1 atom stereocenters. The number of aliphatic imine (C=N–C) groups is 1. The number of guanidine groups is 1. The highest BCUT2D eigenvalue weighted by atomic mass is 16.5. The summed E-state index contributed by atoms with van der Waals surface area (Å²) in [7, 11) is 0. The third-order valence-electron chi connectivity index (χ3n) is 2.79. The summed E-state index contributed by atoms with van der Waals surface area (Å²) in [6, 6.07) is 0. The molecule has 0 aromatic carbocycles. The van der Waals surface area contributed by atoms with Crippen molar-refractivity contribution in [2.45, 2.75) is 13.0 Å². The highest BCUT2D eigenvalue weighted by Gasteiger charge is 2.26. The molecule has 0 aromatic heterocycles. The van der Waals surface area contributed by atoms with Gasteiger partial charge >= 0.3 is 11.8 Å². The van der Waals surface area contributed by atoms with Crippen LogP contribution in [0.15, 0.2) is 4.99 Å². The number of carbonyl (C=O) groups excluding carboxylic acids is 2. The number of carbonyl (C=O) groups is 2. The van der Waals surface area contributed by atoms with Crippen LogP contribution in [0.25, 0.3) is 0 Å². The van der Waals surface area contributed by atoms with Gasteiger partial charge in [0.15, 0.2) is 0 Å². The Hall–Kier alpha value is -1.47. The minimum Gasteiger partial charge on any atom is -0.374 e. The number of morpholine rings is 1. The van der Waals surface area contributed by atoms with E-state index >= 15 is 0 Å². The molecule has 2 aliphatic heterocycles. The summed E-state index contributed by atoms with van der Waals surface area (Å²) in [5, 5.41) is 4.70. The van der Waals surface area contributed by atoms with Crippen molar-refractivity contribution in [1.29, 1.82) is 0 Å². The van der Waals surface area contributed by atoms with Gasteiger partial charge in [0, 0.05) is 13.1 Å². The summed E-state index contributed by atoms with van der Waals surface area (Å²) in [6.07, 6.45) is 0.0191. The molecular formula is C10H16N4O3. The Morgan fingerprint density at radius 2 is 2.12 bits per heavy atom. The molecular weight excluding hydrogens is 224 g/mol. The molecule has 0 radical (unpaired) electrons. The number of amides is 2. The van der Waals surface area contributed by atoms with Crippen LogP contribution in [0.4, 0.5) is 0 Å². The van der Waals surface area contributed by atoms with Gasteiger partial charge in [0.05, 0.1) is 19.3 Å². The van der Waals surface area contributed by atoms with Gasteiger partial charge in [-0.2, -0.15) is 0 Å². The van der Waals surface area contributed by atoms with Gasteiger partial charge < -0.3 is 4.74 Å². The lowest BCUT2D eigenvalue weighted by molar-refractivity contribution is -0.135. The van der Waals surface area contributed by atoms with E-state index in [1.807, 2.05) is 0 Å². The van der Waals surface area contributed by atoms with Crippen LogP contribution in [0.2, 0.25) is 0 Å². The zero-order valence-electron chi connectivity index (χ0n) is 9.73. The van der Waals surface area contributed by atoms with Crippen molar-refractivity contribution in [3.05, 3.63) is 0 Å². The van der Waals surface area contributed by atoms with Gasteiger partial charge in [-0.15, -0.1) is 0 Å². The van der Waals surface area contributed by atoms with Gasteiger partial charge in [-0.3, -0.25) is 25.1 Å². The molecule has 0 aromatic rings. The minimum absolute atomic E-state index is 0.0191. The molecule has 0 aliphatic carbocycles. The number of nitrogens with zero attached hydrogens (tertiary/aromatic N) is 2. The number of nitrogens with one attached hydrogen (secondary N) is 2. The van der Waals surface area contributed by atoms with Gasteiger partial charge in [-0.25, -0.2) is 4.99 Å². The lowest BCUT2D eigenvalue weighted by Gasteiger charge is -2.31. The Balaban J connectivity index is 1.83. The van der Waals surface area contributed by atoms with Gasteiger partial charge in [0.2, 0.25) is 5.96 Å². The van der Waals surface area contributed by atoms with Gasteiger partial charge in [-0.05, 0) is 6.54 Å². The largest absolute Gasteiger partial charge is 0.374 e. The summed E-state index contributed by atoms with van der Waals surface area (Å²) < 4.78 is 5.55. The zero-order valence-corrected chi connectivity index (χ0v) is 9.73. The third kappa shape index (κ3) is 3.01. The van der Waals surface area contributed by atoms with Crippen LogP contribution < -0.4 is 10.6 Å². The summed E-state index contributed by atoms with van der Waals surface area (Å²) in [4.78, 5) is 28.2. The highest BCUT2D eigenvalue weighted by molar-refractivity contribution is 6.45. The SMILES string of the molecule is CCN1CCOC(CN=C2NC(=O)C(=O)N2)C1. The van der Waals surface area contributed by atoms with E-state index in [1.54, 1.807) is 0 Å². The van der Waals surface area contributed by atoms with Crippen LogP contribution >= 0.6 is 0 Å². The molecule has 2 saturated heterocycles. The van der Waals surface area contributed by atoms with E-state index in [0.717, 1.165) is 19.6 Å². The van der Waals surface area contributed by atoms with Crippen molar-refractivity contribution in [3.63, 3.8) is 0 Å². The first kappa shape index (κ1) is 12.0. The fourth-order valence-corrected chi connectivity index (χ4v) is 1.81. The third-order valence-corrected chi connectivity index (χ3v) is 2.79. The summed E-state index contributed by atoms with van der Waals surface area (Å²) >= 11 is 0. The molecule has 0 saturated carbocycles. The normalized spacial score (nSPS) is 25.7. The van der Waals surface area contributed by atoms with Crippen LogP contribution in [0, 0.1) is 0 Å². The standard InChI is InChI=1S/C10H16N4O3/c1-2-14-3-4-17-7(6-14)5-11-10-12-8(15)9(16)13-10/h7H,2-6H2,1H3,(H2,11,12,13,15,16). The van der Waals surface area contributed by atoms with Gasteiger partial charge in [0.25, 0.3) is 0 Å². The maximum absolute atomic E-state index is 10.9. The smallest absolute Gasteiger partial charge is 0.316 e. The van der Waals surface area contributed by atoms with E-state index in [0.29, 0.717) is 13.2 Å².